The number of hydrogen-bond donors (Lipinski definition) is 2. The molecule has 0 spiro atoms. The fraction of sp³-hybridized carbons (Fsp3) is 0.333. The molecule has 0 unspecified atom stereocenters. The van der Waals surface area contributed by atoms with Gasteiger partial charge in [-0.3, -0.25) is 0 Å². The minimum Gasteiger partial charge on any atom is -0.497 e. The Bertz CT molecular complexity index is 542. The van der Waals surface area contributed by atoms with Gasteiger partial charge in [-0.1, -0.05) is 5.10 Å². The van der Waals surface area contributed by atoms with Crippen LogP contribution in [0.3, 0.4) is 0 Å². The zero-order valence-corrected chi connectivity index (χ0v) is 10.8. The van der Waals surface area contributed by atoms with E-state index in [1.54, 1.807) is 14.2 Å². The van der Waals surface area contributed by atoms with Gasteiger partial charge in [0, 0.05) is 18.2 Å². The highest BCUT2D eigenvalue weighted by Crippen LogP contribution is 2.25. The van der Waals surface area contributed by atoms with Gasteiger partial charge in [0.15, 0.2) is 0 Å². The number of benzene rings is 1. The molecule has 0 aliphatic heterocycles. The first-order chi connectivity index (χ1) is 9.26. The molecule has 0 saturated heterocycles. The molecular weight excluding hydrogens is 248 g/mol. The fourth-order valence-corrected chi connectivity index (χ4v) is 1.58. The summed E-state index contributed by atoms with van der Waals surface area (Å²) in [4.78, 5) is 0. The Hall–Kier alpha value is -2.28. The summed E-state index contributed by atoms with van der Waals surface area (Å²) in [5, 5.41) is 10.6. The molecule has 7 nitrogen and oxygen atoms in total. The molecule has 0 fully saturated rings. The highest BCUT2D eigenvalue weighted by atomic mass is 16.5. The summed E-state index contributed by atoms with van der Waals surface area (Å²) in [5.41, 5.74) is 6.34. The quantitative estimate of drug-likeness (QED) is 0.808. The Balaban J connectivity index is 2.06. The number of nitrogens with two attached hydrogens (primary N) is 1. The summed E-state index contributed by atoms with van der Waals surface area (Å²) in [7, 11) is 3.22. The second-order valence-electron chi connectivity index (χ2n) is 3.74. The Kier molecular flexibility index (Phi) is 4.19. The van der Waals surface area contributed by atoms with Crippen LogP contribution in [0.5, 0.6) is 11.5 Å². The van der Waals surface area contributed by atoms with Crippen LogP contribution in [0.1, 0.15) is 11.5 Å². The maximum Gasteiger partial charge on any atom is 0.315 e. The smallest absolute Gasteiger partial charge is 0.315 e. The molecule has 0 atom stereocenters. The molecule has 2 aromatic rings. The van der Waals surface area contributed by atoms with Crippen molar-refractivity contribution < 1.29 is 13.9 Å². The standard InChI is InChI=1S/C12H16N4O3/c1-17-9-4-3-8(10(5-9)18-2)7-14-12-16-15-11(6-13)19-12/h3-5H,6-7,13H2,1-2H3,(H,14,16). The number of anilines is 1. The minimum absolute atomic E-state index is 0.223. The van der Waals surface area contributed by atoms with E-state index in [-0.39, 0.29) is 6.54 Å². The summed E-state index contributed by atoms with van der Waals surface area (Å²) in [6, 6.07) is 5.91. The number of methoxy groups -OCH3 is 2. The van der Waals surface area contributed by atoms with E-state index in [2.05, 4.69) is 15.5 Å². The SMILES string of the molecule is COc1ccc(CNc2nnc(CN)o2)c(OC)c1. The molecule has 0 aliphatic carbocycles. The van der Waals surface area contributed by atoms with Gasteiger partial charge in [-0.25, -0.2) is 0 Å². The van der Waals surface area contributed by atoms with Crippen molar-refractivity contribution >= 4 is 6.01 Å². The van der Waals surface area contributed by atoms with Crippen molar-refractivity contribution in [1.29, 1.82) is 0 Å². The first kappa shape index (κ1) is 13.2. The van der Waals surface area contributed by atoms with Crippen LogP contribution in [-0.4, -0.2) is 24.4 Å². The summed E-state index contributed by atoms with van der Waals surface area (Å²) in [6.07, 6.45) is 0. The third-order valence-electron chi connectivity index (χ3n) is 2.57. The fourth-order valence-electron chi connectivity index (χ4n) is 1.58. The molecule has 0 bridgehead atoms. The molecule has 1 aromatic carbocycles. The third-order valence-corrected chi connectivity index (χ3v) is 2.57. The van der Waals surface area contributed by atoms with Crippen LogP contribution >= 0.6 is 0 Å². The van der Waals surface area contributed by atoms with Gasteiger partial charge < -0.3 is 24.9 Å². The van der Waals surface area contributed by atoms with Gasteiger partial charge >= 0.3 is 6.01 Å². The van der Waals surface area contributed by atoms with Crippen LogP contribution < -0.4 is 20.5 Å². The lowest BCUT2D eigenvalue weighted by molar-refractivity contribution is 0.391. The van der Waals surface area contributed by atoms with Crippen molar-refractivity contribution in [3.05, 3.63) is 29.7 Å². The van der Waals surface area contributed by atoms with Crippen LogP contribution in [0.25, 0.3) is 0 Å². The predicted molar refractivity (Wildman–Crippen MR) is 69.1 cm³/mol. The van der Waals surface area contributed by atoms with Crippen molar-refractivity contribution in [2.75, 3.05) is 19.5 Å². The molecule has 0 aliphatic rings. The molecule has 7 heteroatoms. The van der Waals surface area contributed by atoms with Crippen molar-refractivity contribution in [3.8, 4) is 11.5 Å². The van der Waals surface area contributed by atoms with Crippen LogP contribution in [0, 0.1) is 0 Å². The van der Waals surface area contributed by atoms with E-state index in [0.29, 0.717) is 18.5 Å². The molecule has 1 aromatic heterocycles. The van der Waals surface area contributed by atoms with Crippen molar-refractivity contribution in [1.82, 2.24) is 10.2 Å². The van der Waals surface area contributed by atoms with Crippen LogP contribution in [0.15, 0.2) is 22.6 Å². The van der Waals surface area contributed by atoms with E-state index in [0.717, 1.165) is 17.1 Å². The maximum atomic E-state index is 5.39. The second kappa shape index (κ2) is 6.05. The second-order valence-corrected chi connectivity index (χ2v) is 3.74. The zero-order chi connectivity index (χ0) is 13.7. The van der Waals surface area contributed by atoms with Crippen molar-refractivity contribution in [2.45, 2.75) is 13.1 Å². The van der Waals surface area contributed by atoms with Gasteiger partial charge in [0.05, 0.1) is 20.8 Å². The molecule has 0 saturated carbocycles. The van der Waals surface area contributed by atoms with E-state index >= 15 is 0 Å². The average molecular weight is 264 g/mol. The Labute approximate surface area is 110 Å². The molecule has 102 valence electrons. The number of nitrogens with one attached hydrogen (secondary N) is 1. The van der Waals surface area contributed by atoms with Crippen LogP contribution in [0.4, 0.5) is 6.01 Å². The Morgan fingerprint density at radius 2 is 2.11 bits per heavy atom. The van der Waals surface area contributed by atoms with Gasteiger partial charge in [-0.05, 0) is 12.1 Å². The maximum absolute atomic E-state index is 5.39. The zero-order valence-electron chi connectivity index (χ0n) is 10.8. The summed E-state index contributed by atoms with van der Waals surface area (Å²) in [6.45, 7) is 0.722. The lowest BCUT2D eigenvalue weighted by Gasteiger charge is -2.10. The van der Waals surface area contributed by atoms with Gasteiger partial charge in [-0.15, -0.1) is 5.10 Å². The van der Waals surface area contributed by atoms with E-state index < -0.39 is 0 Å². The van der Waals surface area contributed by atoms with Crippen molar-refractivity contribution in [3.63, 3.8) is 0 Å². The number of rotatable bonds is 6. The van der Waals surface area contributed by atoms with Crippen LogP contribution in [0.2, 0.25) is 0 Å². The first-order valence-electron chi connectivity index (χ1n) is 5.74. The Morgan fingerprint density at radius 3 is 2.74 bits per heavy atom. The monoisotopic (exact) mass is 264 g/mol. The van der Waals surface area contributed by atoms with Crippen molar-refractivity contribution in [2.24, 2.45) is 5.73 Å². The molecule has 3 N–H and O–H groups in total. The van der Waals surface area contributed by atoms with E-state index in [1.807, 2.05) is 18.2 Å². The molecule has 2 rings (SSSR count). The molecule has 0 radical (unpaired) electrons. The Morgan fingerprint density at radius 1 is 1.26 bits per heavy atom. The topological polar surface area (TPSA) is 95.4 Å². The number of ether oxygens (including phenoxy) is 2. The molecule has 1 heterocycles. The summed E-state index contributed by atoms with van der Waals surface area (Å²) < 4.78 is 15.7. The minimum atomic E-state index is 0.223. The molecule has 19 heavy (non-hydrogen) atoms. The lowest BCUT2D eigenvalue weighted by atomic mass is 10.2. The van der Waals surface area contributed by atoms with Gasteiger partial charge in [0.25, 0.3) is 0 Å². The van der Waals surface area contributed by atoms with Gasteiger partial charge in [-0.2, -0.15) is 0 Å². The largest absolute Gasteiger partial charge is 0.497 e. The lowest BCUT2D eigenvalue weighted by Crippen LogP contribution is -2.02. The molecule has 0 amide bonds. The number of hydrogen-bond acceptors (Lipinski definition) is 7. The number of aromatic nitrogens is 2. The van der Waals surface area contributed by atoms with Gasteiger partial charge in [0.1, 0.15) is 11.5 Å². The van der Waals surface area contributed by atoms with Crippen LogP contribution in [-0.2, 0) is 13.1 Å². The highest BCUT2D eigenvalue weighted by molar-refractivity contribution is 5.42. The number of nitrogens with zero attached hydrogens (tertiary/aromatic N) is 2. The van der Waals surface area contributed by atoms with Gasteiger partial charge in [0.2, 0.25) is 5.89 Å². The highest BCUT2D eigenvalue weighted by Gasteiger charge is 2.07. The average Bonchev–Trinajstić information content (AvgIpc) is 2.92. The summed E-state index contributed by atoms with van der Waals surface area (Å²) in [5.74, 6) is 1.86. The predicted octanol–water partition coefficient (Wildman–Crippen LogP) is 1.16. The van der Waals surface area contributed by atoms with E-state index in [4.69, 9.17) is 19.6 Å². The third kappa shape index (κ3) is 3.14. The van der Waals surface area contributed by atoms with E-state index in [9.17, 15) is 0 Å². The van der Waals surface area contributed by atoms with E-state index in [1.165, 1.54) is 0 Å². The first-order valence-corrected chi connectivity index (χ1v) is 5.74. The molecular formula is C12H16N4O3. The summed E-state index contributed by atoms with van der Waals surface area (Å²) >= 11 is 0. The normalized spacial score (nSPS) is 10.3.